The average Bonchev–Trinajstić information content (AvgIpc) is 2.63. The van der Waals surface area contributed by atoms with Crippen molar-refractivity contribution < 1.29 is 0 Å². The lowest BCUT2D eigenvalue weighted by Crippen LogP contribution is -1.90. The Bertz CT molecular complexity index is 392. The molecule has 0 saturated heterocycles. The van der Waals surface area contributed by atoms with Gasteiger partial charge in [0.05, 0.1) is 0 Å². The third-order valence-electron chi connectivity index (χ3n) is 1.45. The molecule has 0 aliphatic rings. The minimum absolute atomic E-state index is 0.669. The van der Waals surface area contributed by atoms with Gasteiger partial charge in [0.25, 0.3) is 5.78 Å². The Hall–Kier alpha value is -1.45. The van der Waals surface area contributed by atoms with E-state index in [1.807, 2.05) is 53.8 Å². The van der Waals surface area contributed by atoms with Crippen LogP contribution in [-0.2, 0) is 0 Å². The zero-order valence-corrected chi connectivity index (χ0v) is 10.4. The molecule has 0 spiro atoms. The normalized spacial score (nSPS) is 8.67. The first-order chi connectivity index (χ1) is 7.25. The molecule has 0 aromatic carbocycles. The van der Waals surface area contributed by atoms with Crippen molar-refractivity contribution in [2.45, 2.75) is 41.5 Å². The predicted octanol–water partition coefficient (Wildman–Crippen LogP) is 2.79. The maximum absolute atomic E-state index is 4.19. The fourth-order valence-corrected chi connectivity index (χ4v) is 0.969. The van der Waals surface area contributed by atoms with E-state index in [0.717, 1.165) is 11.5 Å². The average molecular weight is 208 g/mol. The minimum Gasteiger partial charge on any atom is -0.216 e. The summed E-state index contributed by atoms with van der Waals surface area (Å²) in [6, 6.07) is 1.90. The van der Waals surface area contributed by atoms with Gasteiger partial charge in [0.2, 0.25) is 0 Å². The number of aryl methyl sites for hydroxylation is 2. The van der Waals surface area contributed by atoms with Gasteiger partial charge in [-0.3, -0.25) is 0 Å². The first kappa shape index (κ1) is 13.5. The molecule has 0 amide bonds. The van der Waals surface area contributed by atoms with Gasteiger partial charge in [-0.1, -0.05) is 27.7 Å². The van der Waals surface area contributed by atoms with Crippen molar-refractivity contribution in [1.82, 2.24) is 19.6 Å². The highest BCUT2D eigenvalue weighted by molar-refractivity contribution is 5.26. The van der Waals surface area contributed by atoms with E-state index in [1.54, 1.807) is 4.52 Å². The van der Waals surface area contributed by atoms with Crippen LogP contribution in [0, 0.1) is 13.8 Å². The van der Waals surface area contributed by atoms with Gasteiger partial charge < -0.3 is 0 Å². The molecule has 4 nitrogen and oxygen atoms in total. The molecule has 0 aliphatic carbocycles. The summed E-state index contributed by atoms with van der Waals surface area (Å²) in [6.45, 7) is 11.8. The zero-order chi connectivity index (χ0) is 11.8. The van der Waals surface area contributed by atoms with Crippen LogP contribution in [0.5, 0.6) is 0 Å². The fraction of sp³-hybridized carbons (Fsp3) is 0.545. The van der Waals surface area contributed by atoms with Crippen molar-refractivity contribution in [3.05, 3.63) is 23.8 Å². The lowest BCUT2D eigenvalue weighted by Gasteiger charge is -1.89. The third-order valence-corrected chi connectivity index (χ3v) is 1.45. The maximum atomic E-state index is 4.19. The molecule has 0 radical (unpaired) electrons. The van der Waals surface area contributed by atoms with Gasteiger partial charge in [0.1, 0.15) is 5.82 Å². The molecule has 4 heteroatoms. The van der Waals surface area contributed by atoms with Gasteiger partial charge >= 0.3 is 0 Å². The Morgan fingerprint density at radius 2 is 1.60 bits per heavy atom. The molecular weight excluding hydrogens is 188 g/mol. The fourth-order valence-electron chi connectivity index (χ4n) is 0.969. The summed E-state index contributed by atoms with van der Waals surface area (Å²) in [7, 11) is 0. The second-order valence-corrected chi connectivity index (χ2v) is 2.47. The Morgan fingerprint density at radius 3 is 2.20 bits per heavy atom. The first-order valence-corrected chi connectivity index (χ1v) is 5.42. The lowest BCUT2D eigenvalue weighted by molar-refractivity contribution is 0.909. The van der Waals surface area contributed by atoms with Crippen molar-refractivity contribution >= 4 is 5.78 Å². The number of fused-ring (bicyclic) bond motifs is 1. The van der Waals surface area contributed by atoms with Gasteiger partial charge in [-0.2, -0.15) is 10.1 Å². The summed E-state index contributed by atoms with van der Waals surface area (Å²) in [4.78, 5) is 8.30. The summed E-state index contributed by atoms with van der Waals surface area (Å²) >= 11 is 0. The van der Waals surface area contributed by atoms with Gasteiger partial charge in [-0.15, -0.1) is 0 Å². The first-order valence-electron chi connectivity index (χ1n) is 5.42. The highest BCUT2D eigenvalue weighted by Crippen LogP contribution is 1.97. The van der Waals surface area contributed by atoms with Crippen molar-refractivity contribution in [3.63, 3.8) is 0 Å². The minimum atomic E-state index is 0.669. The van der Waals surface area contributed by atoms with Crippen LogP contribution in [-0.4, -0.2) is 19.6 Å². The van der Waals surface area contributed by atoms with Crippen LogP contribution in [0.25, 0.3) is 5.78 Å². The van der Waals surface area contributed by atoms with Crippen LogP contribution < -0.4 is 0 Å². The zero-order valence-electron chi connectivity index (χ0n) is 10.4. The van der Waals surface area contributed by atoms with Crippen molar-refractivity contribution in [1.29, 1.82) is 0 Å². The maximum Gasteiger partial charge on any atom is 0.252 e. The molecule has 2 aromatic heterocycles. The van der Waals surface area contributed by atoms with Gasteiger partial charge in [0.15, 0.2) is 0 Å². The highest BCUT2D eigenvalue weighted by Gasteiger charge is 1.98. The van der Waals surface area contributed by atoms with Crippen LogP contribution in [0.3, 0.4) is 0 Å². The van der Waals surface area contributed by atoms with Crippen LogP contribution >= 0.6 is 0 Å². The number of nitrogens with zero attached hydrogens (tertiary/aromatic N) is 4. The SMILES string of the molecule is CC.CC.Cc1ccn2nc(C)nc2n1. The summed E-state index contributed by atoms with van der Waals surface area (Å²) in [6.07, 6.45) is 1.86. The Labute approximate surface area is 91.4 Å². The summed E-state index contributed by atoms with van der Waals surface area (Å²) in [5.74, 6) is 1.42. The second-order valence-electron chi connectivity index (χ2n) is 2.47. The second kappa shape index (κ2) is 6.92. The monoisotopic (exact) mass is 208 g/mol. The van der Waals surface area contributed by atoms with E-state index in [9.17, 15) is 0 Å². The topological polar surface area (TPSA) is 43.1 Å². The molecule has 2 heterocycles. The quantitative estimate of drug-likeness (QED) is 0.668. The summed E-state index contributed by atoms with van der Waals surface area (Å²) in [5.41, 5.74) is 0.963. The summed E-state index contributed by atoms with van der Waals surface area (Å²) in [5, 5.41) is 4.10. The van der Waals surface area contributed by atoms with E-state index < -0.39 is 0 Å². The highest BCUT2D eigenvalue weighted by atomic mass is 15.3. The largest absolute Gasteiger partial charge is 0.252 e. The van der Waals surface area contributed by atoms with Crippen LogP contribution in [0.1, 0.15) is 39.2 Å². The van der Waals surface area contributed by atoms with E-state index in [0.29, 0.717) is 5.78 Å². The number of hydrogen-bond donors (Lipinski definition) is 0. The van der Waals surface area contributed by atoms with Crippen LogP contribution in [0.15, 0.2) is 12.3 Å². The molecule has 0 bridgehead atoms. The van der Waals surface area contributed by atoms with E-state index >= 15 is 0 Å². The predicted molar refractivity (Wildman–Crippen MR) is 63.0 cm³/mol. The number of aromatic nitrogens is 4. The molecular formula is C11H20N4. The van der Waals surface area contributed by atoms with E-state index in [-0.39, 0.29) is 0 Å². The van der Waals surface area contributed by atoms with E-state index in [1.165, 1.54) is 0 Å². The molecule has 0 atom stereocenters. The Balaban J connectivity index is 0.000000442. The standard InChI is InChI=1S/C7H8N4.2C2H6/c1-5-3-4-11-7(8-5)9-6(2)10-11;2*1-2/h3-4H,1-2H3;2*1-2H3. The smallest absolute Gasteiger partial charge is 0.216 e. The molecule has 2 rings (SSSR count). The van der Waals surface area contributed by atoms with Gasteiger partial charge in [-0.25, -0.2) is 9.50 Å². The number of rotatable bonds is 0. The van der Waals surface area contributed by atoms with E-state index in [4.69, 9.17) is 0 Å². The molecule has 0 N–H and O–H groups in total. The Morgan fingerprint density at radius 1 is 1.00 bits per heavy atom. The summed E-state index contributed by atoms with van der Waals surface area (Å²) < 4.78 is 1.67. The molecule has 0 fully saturated rings. The third kappa shape index (κ3) is 3.65. The van der Waals surface area contributed by atoms with Crippen LogP contribution in [0.2, 0.25) is 0 Å². The molecule has 15 heavy (non-hydrogen) atoms. The van der Waals surface area contributed by atoms with Crippen molar-refractivity contribution in [3.8, 4) is 0 Å². The van der Waals surface area contributed by atoms with Crippen LogP contribution in [0.4, 0.5) is 0 Å². The Kier molecular flexibility index (Phi) is 6.25. The van der Waals surface area contributed by atoms with Gasteiger partial charge in [-0.05, 0) is 19.9 Å². The van der Waals surface area contributed by atoms with Crippen molar-refractivity contribution in [2.75, 3.05) is 0 Å². The lowest BCUT2D eigenvalue weighted by atomic mass is 10.5. The van der Waals surface area contributed by atoms with Gasteiger partial charge in [0, 0.05) is 11.9 Å². The number of hydrogen-bond acceptors (Lipinski definition) is 3. The van der Waals surface area contributed by atoms with E-state index in [2.05, 4.69) is 15.1 Å². The van der Waals surface area contributed by atoms with Crippen molar-refractivity contribution in [2.24, 2.45) is 0 Å². The molecule has 84 valence electrons. The molecule has 2 aromatic rings. The molecule has 0 unspecified atom stereocenters. The molecule has 0 saturated carbocycles. The molecule has 0 aliphatic heterocycles.